The number of carbonyl (C=O) groups excluding carboxylic acids is 2. The molecule has 0 saturated heterocycles. The molecule has 2 heterocycles. The van der Waals surface area contributed by atoms with Crippen LogP contribution in [0.25, 0.3) is 28.2 Å². The normalized spacial score (nSPS) is 15.3. The Morgan fingerprint density at radius 3 is 2.22 bits per heavy atom. The minimum Gasteiger partial charge on any atom is -0.463 e. The SMILES string of the molecule is CCOC(=O)C1=C(C)NC(=O)NC1c1ccc(-n2nc(-c3ccccc3)cc2-c2ccccc2)cc1. The summed E-state index contributed by atoms with van der Waals surface area (Å²) in [7, 11) is 0. The second-order valence-corrected chi connectivity index (χ2v) is 8.44. The maximum Gasteiger partial charge on any atom is 0.338 e. The molecular formula is C29H26N4O3. The first kappa shape index (κ1) is 23.1. The summed E-state index contributed by atoms with van der Waals surface area (Å²) in [5, 5.41) is 10.4. The van der Waals surface area contributed by atoms with Crippen molar-refractivity contribution in [3.05, 3.63) is 108 Å². The van der Waals surface area contributed by atoms with Crippen LogP contribution < -0.4 is 10.6 Å². The molecule has 1 unspecified atom stereocenters. The number of aromatic nitrogens is 2. The number of nitrogens with zero attached hydrogens (tertiary/aromatic N) is 2. The molecule has 4 aromatic rings. The Labute approximate surface area is 209 Å². The van der Waals surface area contributed by atoms with Gasteiger partial charge in [-0.05, 0) is 37.6 Å². The van der Waals surface area contributed by atoms with Gasteiger partial charge in [-0.25, -0.2) is 14.3 Å². The summed E-state index contributed by atoms with van der Waals surface area (Å²) in [5.74, 6) is -0.456. The monoisotopic (exact) mass is 478 g/mol. The predicted molar refractivity (Wildman–Crippen MR) is 138 cm³/mol. The molecule has 1 atom stereocenters. The van der Waals surface area contributed by atoms with Gasteiger partial charge in [0.15, 0.2) is 0 Å². The summed E-state index contributed by atoms with van der Waals surface area (Å²) in [5.41, 5.74) is 6.41. The van der Waals surface area contributed by atoms with Gasteiger partial charge >= 0.3 is 12.0 Å². The highest BCUT2D eigenvalue weighted by Gasteiger charge is 2.32. The summed E-state index contributed by atoms with van der Waals surface area (Å²) in [4.78, 5) is 24.8. The second-order valence-electron chi connectivity index (χ2n) is 8.44. The van der Waals surface area contributed by atoms with Crippen LogP contribution in [0.2, 0.25) is 0 Å². The van der Waals surface area contributed by atoms with E-state index in [2.05, 4.69) is 28.8 Å². The fraction of sp³-hybridized carbons (Fsp3) is 0.138. The lowest BCUT2D eigenvalue weighted by Gasteiger charge is -2.28. The van der Waals surface area contributed by atoms with E-state index in [0.717, 1.165) is 33.8 Å². The third kappa shape index (κ3) is 4.51. The van der Waals surface area contributed by atoms with Crippen molar-refractivity contribution in [1.29, 1.82) is 0 Å². The largest absolute Gasteiger partial charge is 0.463 e. The van der Waals surface area contributed by atoms with Crippen LogP contribution in [-0.2, 0) is 9.53 Å². The summed E-state index contributed by atoms with van der Waals surface area (Å²) in [6, 6.07) is 28.9. The summed E-state index contributed by atoms with van der Waals surface area (Å²) < 4.78 is 7.15. The molecule has 7 nitrogen and oxygen atoms in total. The van der Waals surface area contributed by atoms with Crippen molar-refractivity contribution in [3.63, 3.8) is 0 Å². The minimum atomic E-state index is -0.613. The number of esters is 1. The van der Waals surface area contributed by atoms with Crippen molar-refractivity contribution in [2.45, 2.75) is 19.9 Å². The average molecular weight is 479 g/mol. The highest BCUT2D eigenvalue weighted by Crippen LogP contribution is 2.31. The van der Waals surface area contributed by atoms with Gasteiger partial charge in [0.1, 0.15) is 0 Å². The smallest absolute Gasteiger partial charge is 0.338 e. The van der Waals surface area contributed by atoms with Crippen molar-refractivity contribution in [2.75, 3.05) is 6.61 Å². The fourth-order valence-electron chi connectivity index (χ4n) is 4.37. The van der Waals surface area contributed by atoms with Gasteiger partial charge in [0.05, 0.1) is 35.3 Å². The van der Waals surface area contributed by atoms with Gasteiger partial charge in [-0.15, -0.1) is 0 Å². The summed E-state index contributed by atoms with van der Waals surface area (Å²) in [6.45, 7) is 3.71. The number of urea groups is 1. The predicted octanol–water partition coefficient (Wildman–Crippen LogP) is 5.40. The van der Waals surface area contributed by atoms with Crippen molar-refractivity contribution in [2.24, 2.45) is 0 Å². The maximum absolute atomic E-state index is 12.6. The lowest BCUT2D eigenvalue weighted by molar-refractivity contribution is -0.139. The van der Waals surface area contributed by atoms with Crippen LogP contribution in [0.15, 0.2) is 102 Å². The second kappa shape index (κ2) is 9.92. The van der Waals surface area contributed by atoms with Crippen molar-refractivity contribution < 1.29 is 14.3 Å². The zero-order valence-electron chi connectivity index (χ0n) is 20.1. The quantitative estimate of drug-likeness (QED) is 0.364. The Morgan fingerprint density at radius 2 is 1.58 bits per heavy atom. The van der Waals surface area contributed by atoms with Crippen LogP contribution >= 0.6 is 0 Å². The molecule has 0 aliphatic carbocycles. The van der Waals surface area contributed by atoms with Crippen LogP contribution in [0.4, 0.5) is 4.79 Å². The van der Waals surface area contributed by atoms with E-state index in [9.17, 15) is 9.59 Å². The molecule has 7 heteroatoms. The maximum atomic E-state index is 12.6. The van der Waals surface area contributed by atoms with Gasteiger partial charge in [0.2, 0.25) is 0 Å². The van der Waals surface area contributed by atoms with Gasteiger partial charge in [0, 0.05) is 16.8 Å². The molecule has 2 amide bonds. The number of benzene rings is 3. The first-order valence-corrected chi connectivity index (χ1v) is 11.8. The molecule has 36 heavy (non-hydrogen) atoms. The van der Waals surface area contributed by atoms with E-state index in [1.807, 2.05) is 77.5 Å². The fourth-order valence-corrected chi connectivity index (χ4v) is 4.37. The Morgan fingerprint density at radius 1 is 0.944 bits per heavy atom. The van der Waals surface area contributed by atoms with E-state index in [0.29, 0.717) is 11.3 Å². The van der Waals surface area contributed by atoms with Crippen LogP contribution in [0.5, 0.6) is 0 Å². The molecule has 2 N–H and O–H groups in total. The van der Waals surface area contributed by atoms with Crippen LogP contribution in [0, 0.1) is 0 Å². The standard InChI is InChI=1S/C29H26N4O3/c1-3-36-28(34)26-19(2)30-29(35)31-27(26)22-14-16-23(17-15-22)33-25(21-12-8-5-9-13-21)18-24(32-33)20-10-6-4-7-11-20/h4-18,27H,3H2,1-2H3,(H2,30,31,35). The molecule has 0 bridgehead atoms. The number of amides is 2. The van der Waals surface area contributed by atoms with Crippen LogP contribution in [0.1, 0.15) is 25.5 Å². The highest BCUT2D eigenvalue weighted by atomic mass is 16.5. The zero-order valence-corrected chi connectivity index (χ0v) is 20.1. The number of nitrogens with one attached hydrogen (secondary N) is 2. The van der Waals surface area contributed by atoms with Gasteiger partial charge in [-0.3, -0.25) is 0 Å². The first-order chi connectivity index (χ1) is 17.5. The Bertz CT molecular complexity index is 1420. The molecule has 1 aliphatic heterocycles. The summed E-state index contributed by atoms with van der Waals surface area (Å²) >= 11 is 0. The molecular weight excluding hydrogens is 452 g/mol. The molecule has 5 rings (SSSR count). The van der Waals surface area contributed by atoms with Gasteiger partial charge < -0.3 is 15.4 Å². The van der Waals surface area contributed by atoms with Gasteiger partial charge in [-0.1, -0.05) is 72.8 Å². The van der Waals surface area contributed by atoms with E-state index in [-0.39, 0.29) is 12.6 Å². The third-order valence-electron chi connectivity index (χ3n) is 6.08. The Kier molecular flexibility index (Phi) is 6.36. The van der Waals surface area contributed by atoms with E-state index < -0.39 is 12.0 Å². The van der Waals surface area contributed by atoms with Crippen molar-refractivity contribution in [3.8, 4) is 28.2 Å². The van der Waals surface area contributed by atoms with Crippen molar-refractivity contribution >= 4 is 12.0 Å². The van der Waals surface area contributed by atoms with E-state index in [4.69, 9.17) is 9.84 Å². The molecule has 0 spiro atoms. The number of carbonyl (C=O) groups is 2. The zero-order chi connectivity index (χ0) is 25.1. The van der Waals surface area contributed by atoms with Gasteiger partial charge in [0.25, 0.3) is 0 Å². The van der Waals surface area contributed by atoms with Gasteiger partial charge in [-0.2, -0.15) is 5.10 Å². The average Bonchev–Trinajstić information content (AvgIpc) is 3.35. The minimum absolute atomic E-state index is 0.251. The van der Waals surface area contributed by atoms with E-state index >= 15 is 0 Å². The number of allylic oxidation sites excluding steroid dienone is 1. The number of hydrogen-bond donors (Lipinski definition) is 2. The lowest BCUT2D eigenvalue weighted by Crippen LogP contribution is -2.45. The third-order valence-corrected chi connectivity index (χ3v) is 6.08. The van der Waals surface area contributed by atoms with Crippen LogP contribution in [-0.4, -0.2) is 28.4 Å². The first-order valence-electron chi connectivity index (χ1n) is 11.8. The Hall–Kier alpha value is -4.65. The van der Waals surface area contributed by atoms with E-state index in [1.165, 1.54) is 0 Å². The van der Waals surface area contributed by atoms with Crippen molar-refractivity contribution in [1.82, 2.24) is 20.4 Å². The molecule has 0 fully saturated rings. The number of hydrogen-bond acceptors (Lipinski definition) is 4. The number of ether oxygens (including phenoxy) is 1. The topological polar surface area (TPSA) is 85.2 Å². The summed E-state index contributed by atoms with van der Waals surface area (Å²) in [6.07, 6.45) is 0. The number of rotatable bonds is 6. The molecule has 0 saturated carbocycles. The molecule has 1 aromatic heterocycles. The highest BCUT2D eigenvalue weighted by molar-refractivity contribution is 5.95. The molecule has 1 aliphatic rings. The lowest BCUT2D eigenvalue weighted by atomic mass is 9.95. The van der Waals surface area contributed by atoms with Crippen LogP contribution in [0.3, 0.4) is 0 Å². The molecule has 180 valence electrons. The molecule has 3 aromatic carbocycles. The van der Waals surface area contributed by atoms with E-state index in [1.54, 1.807) is 13.8 Å². The Balaban J connectivity index is 1.55. The molecule has 0 radical (unpaired) electrons.